The number of aromatic nitrogens is 3. The molecule has 2 rings (SSSR count). The lowest BCUT2D eigenvalue weighted by molar-refractivity contribution is 0.0688. The van der Waals surface area contributed by atoms with Crippen LogP contribution in [0.4, 0.5) is 0 Å². The van der Waals surface area contributed by atoms with E-state index in [0.29, 0.717) is 12.1 Å². The van der Waals surface area contributed by atoms with E-state index in [4.69, 9.17) is 5.11 Å². The minimum Gasteiger partial charge on any atom is -0.476 e. The first-order valence-electron chi connectivity index (χ1n) is 4.56. The fourth-order valence-electron chi connectivity index (χ4n) is 1.40. The quantitative estimate of drug-likeness (QED) is 0.930. The van der Waals surface area contributed by atoms with Gasteiger partial charge in [0.1, 0.15) is 5.69 Å². The van der Waals surface area contributed by atoms with Crippen molar-refractivity contribution in [2.45, 2.75) is 6.42 Å². The molecule has 0 bridgehead atoms. The lowest BCUT2D eigenvalue weighted by Gasteiger charge is -1.98. The smallest absolute Gasteiger partial charge is 0.357 e. The van der Waals surface area contributed by atoms with E-state index in [0.717, 1.165) is 9.27 Å². The molecule has 0 saturated carbocycles. The number of nitrogens with zero attached hydrogens (tertiary/aromatic N) is 3. The Kier molecular flexibility index (Phi) is 3.00. The van der Waals surface area contributed by atoms with Crippen molar-refractivity contribution in [3.63, 3.8) is 0 Å². The maximum atomic E-state index is 11.0. The normalized spacial score (nSPS) is 10.3. The molecule has 1 heterocycles. The molecule has 0 spiro atoms. The van der Waals surface area contributed by atoms with Crippen molar-refractivity contribution < 1.29 is 9.90 Å². The molecule has 0 atom stereocenters. The van der Waals surface area contributed by atoms with E-state index in [1.165, 1.54) is 0 Å². The molecule has 82 valence electrons. The first kappa shape index (κ1) is 10.8. The number of carboxylic acid groups (broad SMARTS) is 1. The molecule has 0 aliphatic heterocycles. The first-order chi connectivity index (χ1) is 7.68. The SMILES string of the molecule is O=C(O)c1c(Cc2ccccc2)nnn1Br. The second kappa shape index (κ2) is 4.44. The predicted octanol–water partition coefficient (Wildman–Crippen LogP) is 1.73. The molecule has 0 aliphatic rings. The summed E-state index contributed by atoms with van der Waals surface area (Å²) in [6.45, 7) is 0. The van der Waals surface area contributed by atoms with Crippen LogP contribution in [-0.4, -0.2) is 25.1 Å². The minimum atomic E-state index is -1.05. The van der Waals surface area contributed by atoms with Gasteiger partial charge in [-0.25, -0.2) is 4.79 Å². The molecule has 0 saturated heterocycles. The average molecular weight is 282 g/mol. The van der Waals surface area contributed by atoms with Gasteiger partial charge < -0.3 is 5.11 Å². The molecule has 0 amide bonds. The zero-order valence-corrected chi connectivity index (χ0v) is 9.75. The van der Waals surface area contributed by atoms with Gasteiger partial charge in [0, 0.05) is 6.42 Å². The Morgan fingerprint density at radius 1 is 1.38 bits per heavy atom. The van der Waals surface area contributed by atoms with Crippen LogP contribution in [0.3, 0.4) is 0 Å². The second-order valence-corrected chi connectivity index (χ2v) is 3.88. The van der Waals surface area contributed by atoms with Crippen LogP contribution >= 0.6 is 16.1 Å². The maximum Gasteiger partial charge on any atom is 0.357 e. The summed E-state index contributed by atoms with van der Waals surface area (Å²) in [5.41, 5.74) is 1.50. The molecule has 16 heavy (non-hydrogen) atoms. The molecular weight excluding hydrogens is 274 g/mol. The second-order valence-electron chi connectivity index (χ2n) is 3.21. The van der Waals surface area contributed by atoms with Crippen molar-refractivity contribution in [1.29, 1.82) is 0 Å². The van der Waals surface area contributed by atoms with Crippen molar-refractivity contribution in [3.8, 4) is 0 Å². The van der Waals surface area contributed by atoms with Crippen LogP contribution in [0.1, 0.15) is 21.7 Å². The zero-order chi connectivity index (χ0) is 11.5. The number of aromatic carboxylic acids is 1. The largest absolute Gasteiger partial charge is 0.476 e. The highest BCUT2D eigenvalue weighted by Crippen LogP contribution is 2.13. The number of carboxylic acids is 1. The van der Waals surface area contributed by atoms with Gasteiger partial charge >= 0.3 is 5.97 Å². The number of rotatable bonds is 3. The third-order valence-electron chi connectivity index (χ3n) is 2.12. The van der Waals surface area contributed by atoms with E-state index in [2.05, 4.69) is 26.5 Å². The zero-order valence-electron chi connectivity index (χ0n) is 8.17. The van der Waals surface area contributed by atoms with Gasteiger partial charge in [0.15, 0.2) is 5.69 Å². The van der Waals surface area contributed by atoms with Gasteiger partial charge in [0.2, 0.25) is 0 Å². The summed E-state index contributed by atoms with van der Waals surface area (Å²) < 4.78 is 1.09. The van der Waals surface area contributed by atoms with E-state index in [1.807, 2.05) is 30.3 Å². The molecule has 1 aromatic carbocycles. The Bertz CT molecular complexity index is 510. The van der Waals surface area contributed by atoms with Crippen LogP contribution in [0, 0.1) is 0 Å². The van der Waals surface area contributed by atoms with Crippen LogP contribution in [-0.2, 0) is 6.42 Å². The summed E-state index contributed by atoms with van der Waals surface area (Å²) in [7, 11) is 0. The monoisotopic (exact) mass is 281 g/mol. The summed E-state index contributed by atoms with van der Waals surface area (Å²) in [6, 6.07) is 9.53. The van der Waals surface area contributed by atoms with E-state index in [1.54, 1.807) is 0 Å². The van der Waals surface area contributed by atoms with Gasteiger partial charge in [0.25, 0.3) is 0 Å². The van der Waals surface area contributed by atoms with E-state index in [-0.39, 0.29) is 5.69 Å². The molecule has 2 aromatic rings. The topological polar surface area (TPSA) is 68.0 Å². The maximum absolute atomic E-state index is 11.0. The Morgan fingerprint density at radius 2 is 2.06 bits per heavy atom. The summed E-state index contributed by atoms with van der Waals surface area (Å²) in [5, 5.41) is 16.4. The van der Waals surface area contributed by atoms with E-state index in [9.17, 15) is 4.79 Å². The number of halogens is 1. The van der Waals surface area contributed by atoms with E-state index < -0.39 is 5.97 Å². The molecule has 0 unspecified atom stereocenters. The summed E-state index contributed by atoms with van der Waals surface area (Å²) in [5.74, 6) is -1.05. The lowest BCUT2D eigenvalue weighted by atomic mass is 10.1. The fraction of sp³-hybridized carbons (Fsp3) is 0.100. The van der Waals surface area contributed by atoms with Crippen molar-refractivity contribution in [2.75, 3.05) is 0 Å². The average Bonchev–Trinajstić information content (AvgIpc) is 2.61. The van der Waals surface area contributed by atoms with Gasteiger partial charge in [-0.3, -0.25) is 0 Å². The van der Waals surface area contributed by atoms with Gasteiger partial charge in [-0.15, -0.1) is 5.10 Å². The summed E-state index contributed by atoms with van der Waals surface area (Å²) >= 11 is 2.99. The molecule has 0 radical (unpaired) electrons. The van der Waals surface area contributed by atoms with Crippen LogP contribution in [0.2, 0.25) is 0 Å². The number of hydrogen-bond donors (Lipinski definition) is 1. The molecule has 5 nitrogen and oxygen atoms in total. The molecule has 1 N–H and O–H groups in total. The Balaban J connectivity index is 2.32. The molecule has 0 aliphatic carbocycles. The van der Waals surface area contributed by atoms with Crippen molar-refractivity contribution >= 4 is 22.1 Å². The highest BCUT2D eigenvalue weighted by molar-refractivity contribution is 9.08. The lowest BCUT2D eigenvalue weighted by Crippen LogP contribution is -2.05. The standard InChI is InChI=1S/C10H8BrN3O2/c11-14-9(10(15)16)8(12-13-14)6-7-4-2-1-3-5-7/h1-5H,6H2,(H,15,16). The van der Waals surface area contributed by atoms with Gasteiger partial charge in [-0.2, -0.15) is 3.71 Å². The molecular formula is C10H8BrN3O2. The number of benzene rings is 1. The molecule has 1 aromatic heterocycles. The minimum absolute atomic E-state index is 0.0591. The molecule has 0 fully saturated rings. The third-order valence-corrected chi connectivity index (χ3v) is 2.62. The third kappa shape index (κ3) is 2.11. The Morgan fingerprint density at radius 3 is 2.69 bits per heavy atom. The van der Waals surface area contributed by atoms with Crippen molar-refractivity contribution in [1.82, 2.24) is 14.0 Å². The summed E-state index contributed by atoms with van der Waals surface area (Å²) in [6.07, 6.45) is 0.452. The first-order valence-corrected chi connectivity index (χ1v) is 5.27. The fourth-order valence-corrected chi connectivity index (χ4v) is 1.83. The van der Waals surface area contributed by atoms with Crippen LogP contribution < -0.4 is 0 Å². The Labute approximate surface area is 100 Å². The highest BCUT2D eigenvalue weighted by Gasteiger charge is 2.18. The van der Waals surface area contributed by atoms with Gasteiger partial charge in [-0.1, -0.05) is 35.5 Å². The van der Waals surface area contributed by atoms with E-state index >= 15 is 0 Å². The summed E-state index contributed by atoms with van der Waals surface area (Å²) in [4.78, 5) is 11.0. The number of hydrogen-bond acceptors (Lipinski definition) is 3. The molecule has 6 heteroatoms. The van der Waals surface area contributed by atoms with Crippen molar-refractivity contribution in [3.05, 3.63) is 47.3 Å². The van der Waals surface area contributed by atoms with Crippen LogP contribution in [0.25, 0.3) is 0 Å². The predicted molar refractivity (Wildman–Crippen MR) is 60.6 cm³/mol. The van der Waals surface area contributed by atoms with Crippen molar-refractivity contribution in [2.24, 2.45) is 0 Å². The van der Waals surface area contributed by atoms with Gasteiger partial charge in [0.05, 0.1) is 16.1 Å². The van der Waals surface area contributed by atoms with Crippen LogP contribution in [0.15, 0.2) is 30.3 Å². The van der Waals surface area contributed by atoms with Crippen LogP contribution in [0.5, 0.6) is 0 Å². The number of carbonyl (C=O) groups is 1. The van der Waals surface area contributed by atoms with Gasteiger partial charge in [-0.05, 0) is 5.56 Å². The Hall–Kier alpha value is -1.69. The highest BCUT2D eigenvalue weighted by atomic mass is 79.9.